The number of anilines is 1. The Hall–Kier alpha value is -2.10. The van der Waals surface area contributed by atoms with Gasteiger partial charge in [0.05, 0.1) is 17.4 Å². The smallest absolute Gasteiger partial charge is 0.132 e. The molecule has 0 bridgehead atoms. The first-order valence-electron chi connectivity index (χ1n) is 10.1. The number of hydrogen-bond acceptors (Lipinski definition) is 3. The number of H-pyrrole nitrogens is 1. The molecule has 1 aromatic carbocycles. The molecule has 2 aliphatic carbocycles. The number of carbonyl (C=O) groups excluding carboxylic acids is 1. The second kappa shape index (κ2) is 6.90. The van der Waals surface area contributed by atoms with Crippen molar-refractivity contribution in [3.05, 3.63) is 47.3 Å². The molecule has 138 valence electrons. The van der Waals surface area contributed by atoms with Gasteiger partial charge in [-0.15, -0.1) is 0 Å². The van der Waals surface area contributed by atoms with Crippen LogP contribution in [-0.2, 0) is 16.8 Å². The maximum atomic E-state index is 10.8. The Morgan fingerprint density at radius 1 is 1.23 bits per heavy atom. The third-order valence-corrected chi connectivity index (χ3v) is 6.38. The topological polar surface area (TPSA) is 57.8 Å². The number of Topliss-reactive ketones (excluding diaryl/α,β-unsaturated/α-hetero) is 1. The summed E-state index contributed by atoms with van der Waals surface area (Å²) in [6.45, 7) is 3.90. The van der Waals surface area contributed by atoms with E-state index < -0.39 is 0 Å². The normalized spacial score (nSPS) is 26.2. The van der Waals surface area contributed by atoms with Gasteiger partial charge in [-0.05, 0) is 49.8 Å². The highest BCUT2D eigenvalue weighted by Gasteiger charge is 2.62. The lowest BCUT2D eigenvalue weighted by atomic mass is 9.87. The van der Waals surface area contributed by atoms with Crippen molar-refractivity contribution in [2.75, 3.05) is 5.32 Å². The number of aromatic nitrogens is 2. The minimum atomic E-state index is 0.117. The highest BCUT2D eigenvalue weighted by atomic mass is 16.1. The predicted molar refractivity (Wildman–Crippen MR) is 104 cm³/mol. The highest BCUT2D eigenvalue weighted by molar-refractivity contribution is 5.78. The molecule has 2 fully saturated rings. The fourth-order valence-corrected chi connectivity index (χ4v) is 4.74. The molecule has 4 heteroatoms. The first-order chi connectivity index (χ1) is 12.7. The Morgan fingerprint density at radius 3 is 2.65 bits per heavy atom. The van der Waals surface area contributed by atoms with Crippen LogP contribution in [-0.4, -0.2) is 16.0 Å². The van der Waals surface area contributed by atoms with Crippen LogP contribution in [0.15, 0.2) is 30.5 Å². The summed E-state index contributed by atoms with van der Waals surface area (Å²) in [5.41, 5.74) is 5.50. The summed E-state index contributed by atoms with van der Waals surface area (Å²) in [5.74, 6) is 1.44. The van der Waals surface area contributed by atoms with Crippen LogP contribution < -0.4 is 5.32 Å². The van der Waals surface area contributed by atoms with Crippen LogP contribution in [0.25, 0.3) is 0 Å². The van der Waals surface area contributed by atoms with E-state index in [0.717, 1.165) is 19.3 Å². The van der Waals surface area contributed by atoms with Gasteiger partial charge in [0.1, 0.15) is 5.78 Å². The van der Waals surface area contributed by atoms with E-state index in [1.807, 2.05) is 6.20 Å². The number of carbonyl (C=O) groups is 1. The van der Waals surface area contributed by atoms with Crippen molar-refractivity contribution in [2.45, 2.75) is 70.3 Å². The van der Waals surface area contributed by atoms with Gasteiger partial charge in [-0.25, -0.2) is 0 Å². The van der Waals surface area contributed by atoms with Crippen molar-refractivity contribution in [1.29, 1.82) is 0 Å². The lowest BCUT2D eigenvalue weighted by molar-refractivity contribution is -0.121. The molecule has 3 aliphatic rings. The number of para-hydroxylation sites is 1. The first kappa shape index (κ1) is 17.3. The van der Waals surface area contributed by atoms with Crippen LogP contribution in [0.3, 0.4) is 0 Å². The third-order valence-electron chi connectivity index (χ3n) is 6.38. The van der Waals surface area contributed by atoms with Gasteiger partial charge in [0.2, 0.25) is 0 Å². The fraction of sp³-hybridized carbons (Fsp3) is 0.545. The van der Waals surface area contributed by atoms with Crippen LogP contribution in [0.2, 0.25) is 0 Å². The van der Waals surface area contributed by atoms with Gasteiger partial charge >= 0.3 is 0 Å². The summed E-state index contributed by atoms with van der Waals surface area (Å²) >= 11 is 0. The maximum absolute atomic E-state index is 10.8. The number of nitrogens with zero attached hydrogens (tertiary/aromatic N) is 1. The van der Waals surface area contributed by atoms with Gasteiger partial charge in [0, 0.05) is 17.5 Å². The van der Waals surface area contributed by atoms with Gasteiger partial charge in [0.15, 0.2) is 0 Å². The molecule has 5 rings (SSSR count). The van der Waals surface area contributed by atoms with Crippen LogP contribution in [0, 0.1) is 5.92 Å². The minimum absolute atomic E-state index is 0.117. The maximum Gasteiger partial charge on any atom is 0.132 e. The van der Waals surface area contributed by atoms with Gasteiger partial charge in [0.25, 0.3) is 0 Å². The van der Waals surface area contributed by atoms with E-state index >= 15 is 0 Å². The van der Waals surface area contributed by atoms with Gasteiger partial charge < -0.3 is 5.32 Å². The van der Waals surface area contributed by atoms with E-state index in [0.29, 0.717) is 17.6 Å². The molecule has 2 saturated carbocycles. The molecule has 2 aromatic rings. The molecule has 0 radical (unpaired) electrons. The molecular weight excluding hydrogens is 322 g/mol. The summed E-state index contributed by atoms with van der Waals surface area (Å²) in [7, 11) is 0. The van der Waals surface area contributed by atoms with Crippen LogP contribution in [0.1, 0.15) is 75.1 Å². The molecule has 2 unspecified atom stereocenters. The van der Waals surface area contributed by atoms with E-state index in [4.69, 9.17) is 0 Å². The molecule has 4 nitrogen and oxygen atoms in total. The Balaban J connectivity index is 0.000000160. The minimum Gasteiger partial charge on any atom is -0.373 e. The van der Waals surface area contributed by atoms with Crippen LogP contribution in [0.5, 0.6) is 0 Å². The zero-order chi connectivity index (χ0) is 18.1. The van der Waals surface area contributed by atoms with E-state index in [1.54, 1.807) is 6.92 Å². The van der Waals surface area contributed by atoms with Gasteiger partial charge in [-0.2, -0.15) is 5.10 Å². The van der Waals surface area contributed by atoms with Crippen LogP contribution in [0.4, 0.5) is 5.69 Å². The van der Waals surface area contributed by atoms with Crippen molar-refractivity contribution in [3.8, 4) is 0 Å². The second-order valence-corrected chi connectivity index (χ2v) is 8.01. The number of aromatic amines is 1. The predicted octanol–water partition coefficient (Wildman–Crippen LogP) is 4.94. The van der Waals surface area contributed by atoms with Crippen molar-refractivity contribution >= 4 is 11.5 Å². The molecule has 1 aromatic heterocycles. The quantitative estimate of drug-likeness (QED) is 0.824. The molecule has 2 atom stereocenters. The zero-order valence-electron chi connectivity index (χ0n) is 15.8. The van der Waals surface area contributed by atoms with Gasteiger partial charge in [-0.1, -0.05) is 44.4 Å². The second-order valence-electron chi connectivity index (χ2n) is 8.01. The summed E-state index contributed by atoms with van der Waals surface area (Å²) in [4.78, 5) is 10.8. The van der Waals surface area contributed by atoms with E-state index in [-0.39, 0.29) is 5.54 Å². The zero-order valence-corrected chi connectivity index (χ0v) is 15.8. The summed E-state index contributed by atoms with van der Waals surface area (Å²) < 4.78 is 0. The standard InChI is InChI=1S/C14H15N3.C8H14O/c1-2-9-8-15-17-13(9)14-7-11(14)10-5-3-4-6-12(10)16-14;1-7(9)8-5-3-2-4-6-8/h3-6,8,11,16H,2,7H2,1H3,(H,15,17);8H,2-6H2,1H3. The van der Waals surface area contributed by atoms with Crippen molar-refractivity contribution in [2.24, 2.45) is 5.92 Å². The molecule has 2 heterocycles. The Labute approximate surface area is 155 Å². The van der Waals surface area contributed by atoms with Crippen molar-refractivity contribution in [3.63, 3.8) is 0 Å². The molecular formula is C22H29N3O. The SMILES string of the molecule is CC(=O)C1CCCCC1.CCc1cn[nH]c1C12CC1c1ccccc1N2. The first-order valence-corrected chi connectivity index (χ1v) is 10.1. The Morgan fingerprint density at radius 2 is 2.00 bits per heavy atom. The average molecular weight is 351 g/mol. The van der Waals surface area contributed by atoms with E-state index in [2.05, 4.69) is 46.7 Å². The Kier molecular flexibility index (Phi) is 4.60. The summed E-state index contributed by atoms with van der Waals surface area (Å²) in [5, 5.41) is 11.1. The molecule has 26 heavy (non-hydrogen) atoms. The number of aryl methyl sites for hydroxylation is 1. The molecule has 0 amide bonds. The summed E-state index contributed by atoms with van der Waals surface area (Å²) in [6, 6.07) is 8.63. The largest absolute Gasteiger partial charge is 0.373 e. The average Bonchev–Trinajstić information content (AvgIpc) is 3.06. The molecule has 0 spiro atoms. The number of hydrogen-bond donors (Lipinski definition) is 2. The number of benzene rings is 1. The molecule has 1 aliphatic heterocycles. The van der Waals surface area contributed by atoms with E-state index in [9.17, 15) is 4.79 Å². The van der Waals surface area contributed by atoms with E-state index in [1.165, 1.54) is 48.2 Å². The number of nitrogens with one attached hydrogen (secondary N) is 2. The summed E-state index contributed by atoms with van der Waals surface area (Å²) in [6.07, 6.45) is 10.4. The fourth-order valence-electron chi connectivity index (χ4n) is 4.74. The Bertz CT molecular complexity index is 790. The third kappa shape index (κ3) is 2.95. The van der Waals surface area contributed by atoms with Crippen molar-refractivity contribution < 1.29 is 4.79 Å². The number of fused-ring (bicyclic) bond motifs is 3. The lowest BCUT2D eigenvalue weighted by Crippen LogP contribution is -2.19. The monoisotopic (exact) mass is 351 g/mol. The van der Waals surface area contributed by atoms with Crippen molar-refractivity contribution in [1.82, 2.24) is 10.2 Å². The lowest BCUT2D eigenvalue weighted by Gasteiger charge is -2.17. The molecule has 2 N–H and O–H groups in total. The van der Waals surface area contributed by atoms with Gasteiger partial charge in [-0.3, -0.25) is 9.89 Å². The number of rotatable bonds is 3. The molecule has 0 saturated heterocycles. The van der Waals surface area contributed by atoms with Crippen LogP contribution >= 0.6 is 0 Å². The number of ketones is 1. The highest BCUT2D eigenvalue weighted by Crippen LogP contribution is 2.66.